The fourth-order valence-corrected chi connectivity index (χ4v) is 2.78. The normalized spacial score (nSPS) is 17.5. The van der Waals surface area contributed by atoms with E-state index in [0.29, 0.717) is 19.6 Å². The quantitative estimate of drug-likeness (QED) is 0.813. The number of nitrogens with one attached hydrogen (secondary N) is 2. The van der Waals surface area contributed by atoms with Gasteiger partial charge in [-0.05, 0) is 6.42 Å². The molecule has 0 bridgehead atoms. The van der Waals surface area contributed by atoms with Crippen LogP contribution in [0.5, 0.6) is 0 Å². The topological polar surface area (TPSA) is 63.2 Å². The van der Waals surface area contributed by atoms with E-state index in [2.05, 4.69) is 27.9 Å². The van der Waals surface area contributed by atoms with Gasteiger partial charge in [-0.15, -0.1) is 36.2 Å². The van der Waals surface area contributed by atoms with Crippen LogP contribution in [0.1, 0.15) is 24.0 Å². The molecule has 2 rings (SSSR count). The molecule has 122 valence electrons. The highest BCUT2D eigenvalue weighted by Gasteiger charge is 2.16. The Hall–Kier alpha value is -0.400. The number of aromatic nitrogens is 1. The van der Waals surface area contributed by atoms with E-state index in [1.54, 1.807) is 11.3 Å². The number of nitrogens with zero attached hydrogens (tertiary/aromatic N) is 1. The van der Waals surface area contributed by atoms with Crippen LogP contribution in [0.25, 0.3) is 0 Å². The summed E-state index contributed by atoms with van der Waals surface area (Å²) in [5.41, 5.74) is 1.07. The highest BCUT2D eigenvalue weighted by Crippen LogP contribution is 2.10. The number of carbonyl (C=O) groups is 1. The Kier molecular flexibility index (Phi) is 11.0. The van der Waals surface area contributed by atoms with Gasteiger partial charge in [0.25, 0.3) is 0 Å². The number of rotatable bonds is 6. The molecule has 1 atom stereocenters. The molecule has 0 radical (unpaired) electrons. The van der Waals surface area contributed by atoms with Crippen LogP contribution >= 0.6 is 36.2 Å². The fraction of sp³-hybridized carbons (Fsp3) is 0.692. The monoisotopic (exact) mass is 355 g/mol. The number of ether oxygens (including phenoxy) is 1. The Morgan fingerprint density at radius 2 is 2.38 bits per heavy atom. The second kappa shape index (κ2) is 11.2. The maximum atomic E-state index is 11.7. The Labute approximate surface area is 142 Å². The number of carbonyl (C=O) groups excluding carboxylic acids is 1. The van der Waals surface area contributed by atoms with E-state index in [9.17, 15) is 4.79 Å². The van der Waals surface area contributed by atoms with E-state index in [-0.39, 0.29) is 36.8 Å². The lowest BCUT2D eigenvalue weighted by atomic mass is 10.2. The molecule has 1 aromatic rings. The molecule has 21 heavy (non-hydrogen) atoms. The zero-order valence-electron chi connectivity index (χ0n) is 12.1. The first-order valence-electron chi connectivity index (χ1n) is 6.79. The summed E-state index contributed by atoms with van der Waals surface area (Å²) in [5, 5.41) is 9.44. The molecule has 1 fully saturated rings. The van der Waals surface area contributed by atoms with Crippen LogP contribution in [-0.4, -0.2) is 43.2 Å². The van der Waals surface area contributed by atoms with Gasteiger partial charge in [-0.2, -0.15) is 0 Å². The molecule has 1 aliphatic heterocycles. The summed E-state index contributed by atoms with van der Waals surface area (Å²) in [4.78, 5) is 16.2. The molecule has 2 N–H and O–H groups in total. The zero-order valence-corrected chi connectivity index (χ0v) is 14.5. The third-order valence-electron chi connectivity index (χ3n) is 3.04. The Morgan fingerprint density at radius 1 is 1.57 bits per heavy atom. The van der Waals surface area contributed by atoms with E-state index in [4.69, 9.17) is 4.74 Å². The molecular formula is C13H23Cl2N3O2S. The summed E-state index contributed by atoms with van der Waals surface area (Å²) in [5.74, 6) is 0.0777. The summed E-state index contributed by atoms with van der Waals surface area (Å²) < 4.78 is 5.32. The number of aryl methyl sites for hydroxylation is 1. The summed E-state index contributed by atoms with van der Waals surface area (Å²) in [6.45, 7) is 4.95. The van der Waals surface area contributed by atoms with Gasteiger partial charge in [0.1, 0.15) is 0 Å². The van der Waals surface area contributed by atoms with E-state index in [1.807, 2.05) is 0 Å². The molecule has 0 aromatic carbocycles. The number of halogens is 2. The predicted molar refractivity (Wildman–Crippen MR) is 89.9 cm³/mol. The average molecular weight is 356 g/mol. The highest BCUT2D eigenvalue weighted by molar-refractivity contribution is 7.09. The minimum absolute atomic E-state index is 0. The van der Waals surface area contributed by atoms with Gasteiger partial charge >= 0.3 is 0 Å². The molecule has 1 aliphatic rings. The molecule has 0 aliphatic carbocycles. The molecule has 1 saturated heterocycles. The highest BCUT2D eigenvalue weighted by atomic mass is 35.5. The number of morpholine rings is 1. The van der Waals surface area contributed by atoms with Crippen molar-refractivity contribution in [2.24, 2.45) is 0 Å². The van der Waals surface area contributed by atoms with Gasteiger partial charge in [0.15, 0.2) is 0 Å². The van der Waals surface area contributed by atoms with Gasteiger partial charge in [-0.3, -0.25) is 4.79 Å². The second-order valence-corrected chi connectivity index (χ2v) is 5.56. The third kappa shape index (κ3) is 7.42. The Balaban J connectivity index is 0.00000200. The van der Waals surface area contributed by atoms with E-state index < -0.39 is 0 Å². The van der Waals surface area contributed by atoms with Gasteiger partial charge in [0.05, 0.1) is 23.9 Å². The number of hydrogen-bond donors (Lipinski definition) is 2. The number of amides is 1. The SMILES string of the molecule is CCc1nc(CCNC(=O)CC2COCCN2)cs1.Cl.Cl. The maximum Gasteiger partial charge on any atom is 0.221 e. The van der Waals surface area contributed by atoms with Crippen molar-refractivity contribution in [3.8, 4) is 0 Å². The van der Waals surface area contributed by atoms with Crippen molar-refractivity contribution in [3.05, 3.63) is 16.1 Å². The molecule has 2 heterocycles. The smallest absolute Gasteiger partial charge is 0.221 e. The first-order chi connectivity index (χ1) is 9.28. The van der Waals surface area contributed by atoms with Crippen molar-refractivity contribution >= 4 is 42.1 Å². The molecule has 5 nitrogen and oxygen atoms in total. The van der Waals surface area contributed by atoms with Crippen LogP contribution in [0, 0.1) is 0 Å². The largest absolute Gasteiger partial charge is 0.378 e. The van der Waals surface area contributed by atoms with E-state index in [1.165, 1.54) is 0 Å². The zero-order chi connectivity index (χ0) is 13.5. The van der Waals surface area contributed by atoms with Crippen molar-refractivity contribution in [2.75, 3.05) is 26.3 Å². The van der Waals surface area contributed by atoms with Crippen LogP contribution in [0.2, 0.25) is 0 Å². The summed E-state index contributed by atoms with van der Waals surface area (Å²) in [6, 6.07) is 0.153. The van der Waals surface area contributed by atoms with Gasteiger partial charge < -0.3 is 15.4 Å². The maximum absolute atomic E-state index is 11.7. The van der Waals surface area contributed by atoms with Crippen molar-refractivity contribution in [1.29, 1.82) is 0 Å². The Morgan fingerprint density at radius 3 is 3.00 bits per heavy atom. The van der Waals surface area contributed by atoms with Crippen molar-refractivity contribution in [1.82, 2.24) is 15.6 Å². The van der Waals surface area contributed by atoms with Crippen LogP contribution in [-0.2, 0) is 22.4 Å². The minimum atomic E-state index is 0. The lowest BCUT2D eigenvalue weighted by Crippen LogP contribution is -2.44. The van der Waals surface area contributed by atoms with Crippen LogP contribution in [0.4, 0.5) is 0 Å². The van der Waals surface area contributed by atoms with Crippen LogP contribution in [0.15, 0.2) is 5.38 Å². The predicted octanol–water partition coefficient (Wildman–Crippen LogP) is 1.59. The summed E-state index contributed by atoms with van der Waals surface area (Å²) in [6.07, 6.45) is 2.26. The first kappa shape index (κ1) is 20.6. The van der Waals surface area contributed by atoms with E-state index in [0.717, 1.165) is 36.7 Å². The van der Waals surface area contributed by atoms with Gasteiger partial charge in [0.2, 0.25) is 5.91 Å². The first-order valence-corrected chi connectivity index (χ1v) is 7.67. The van der Waals surface area contributed by atoms with Gasteiger partial charge in [-0.1, -0.05) is 6.92 Å². The van der Waals surface area contributed by atoms with Gasteiger partial charge in [-0.25, -0.2) is 4.98 Å². The molecule has 1 aromatic heterocycles. The fourth-order valence-electron chi connectivity index (χ4n) is 2.00. The number of thiazole rings is 1. The molecule has 1 amide bonds. The van der Waals surface area contributed by atoms with Crippen LogP contribution < -0.4 is 10.6 Å². The standard InChI is InChI=1S/C13H21N3O2S.2ClH/c1-2-13-16-10(9-19-13)3-4-15-12(17)7-11-8-18-6-5-14-11;;/h9,11,14H,2-8H2,1H3,(H,15,17);2*1H. The number of hydrogen-bond acceptors (Lipinski definition) is 5. The van der Waals surface area contributed by atoms with Crippen molar-refractivity contribution < 1.29 is 9.53 Å². The molecule has 1 unspecified atom stereocenters. The molecular weight excluding hydrogens is 333 g/mol. The minimum Gasteiger partial charge on any atom is -0.378 e. The molecule has 0 spiro atoms. The average Bonchev–Trinajstić information content (AvgIpc) is 2.88. The second-order valence-electron chi connectivity index (χ2n) is 4.62. The van der Waals surface area contributed by atoms with Crippen molar-refractivity contribution in [3.63, 3.8) is 0 Å². The van der Waals surface area contributed by atoms with Crippen molar-refractivity contribution in [2.45, 2.75) is 32.2 Å². The lowest BCUT2D eigenvalue weighted by Gasteiger charge is -2.23. The Bertz CT molecular complexity index is 412. The summed E-state index contributed by atoms with van der Waals surface area (Å²) >= 11 is 1.69. The third-order valence-corrected chi connectivity index (χ3v) is 4.08. The molecule has 8 heteroatoms. The summed E-state index contributed by atoms with van der Waals surface area (Å²) in [7, 11) is 0. The van der Waals surface area contributed by atoms with Crippen LogP contribution in [0.3, 0.4) is 0 Å². The van der Waals surface area contributed by atoms with Gasteiger partial charge in [0, 0.05) is 37.4 Å². The lowest BCUT2D eigenvalue weighted by molar-refractivity contribution is -0.122. The van der Waals surface area contributed by atoms with E-state index >= 15 is 0 Å². The molecule has 0 saturated carbocycles.